The maximum Gasteiger partial charge on any atom is 0.175 e. The van der Waals surface area contributed by atoms with E-state index < -0.39 is 9.84 Å². The molecule has 0 atom stereocenters. The second-order valence-electron chi connectivity index (χ2n) is 4.59. The van der Waals surface area contributed by atoms with Crippen molar-refractivity contribution in [3.8, 4) is 11.5 Å². The van der Waals surface area contributed by atoms with Gasteiger partial charge in [-0.1, -0.05) is 17.7 Å². The van der Waals surface area contributed by atoms with Crippen LogP contribution < -0.4 is 5.32 Å². The number of rotatable bonds is 4. The standard InChI is InChI=1S/C14H14ClNO4S/c1-21(19,20)10-3-4-11(15)12(7-10)16-8-9-2-5-13(17)14(18)6-9/h2-7,16-18H,8H2,1H3. The van der Waals surface area contributed by atoms with Gasteiger partial charge in [0, 0.05) is 12.8 Å². The second kappa shape index (κ2) is 5.83. The zero-order valence-corrected chi connectivity index (χ0v) is 12.7. The fraction of sp³-hybridized carbons (Fsp3) is 0.143. The predicted molar refractivity (Wildman–Crippen MR) is 81.7 cm³/mol. The Kier molecular flexibility index (Phi) is 4.29. The number of hydrogen-bond acceptors (Lipinski definition) is 5. The fourth-order valence-corrected chi connectivity index (χ4v) is 2.58. The molecule has 7 heteroatoms. The van der Waals surface area contributed by atoms with Crippen LogP contribution in [0.25, 0.3) is 0 Å². The van der Waals surface area contributed by atoms with Crippen LogP contribution in [0, 0.1) is 0 Å². The molecule has 0 heterocycles. The van der Waals surface area contributed by atoms with Crippen molar-refractivity contribution >= 4 is 27.1 Å². The van der Waals surface area contributed by atoms with Gasteiger partial charge < -0.3 is 15.5 Å². The minimum absolute atomic E-state index is 0.169. The maximum absolute atomic E-state index is 11.5. The Morgan fingerprint density at radius 3 is 2.43 bits per heavy atom. The number of nitrogens with one attached hydrogen (secondary N) is 1. The van der Waals surface area contributed by atoms with Gasteiger partial charge in [0.25, 0.3) is 0 Å². The van der Waals surface area contributed by atoms with Crippen LogP contribution in [0.1, 0.15) is 5.56 Å². The van der Waals surface area contributed by atoms with Crippen molar-refractivity contribution in [2.75, 3.05) is 11.6 Å². The Morgan fingerprint density at radius 1 is 1.10 bits per heavy atom. The smallest absolute Gasteiger partial charge is 0.175 e. The first kappa shape index (κ1) is 15.5. The maximum atomic E-state index is 11.5. The number of halogens is 1. The lowest BCUT2D eigenvalue weighted by Gasteiger charge is -2.10. The zero-order chi connectivity index (χ0) is 15.6. The van der Waals surface area contributed by atoms with Crippen LogP contribution in [-0.4, -0.2) is 24.9 Å². The molecule has 21 heavy (non-hydrogen) atoms. The Hall–Kier alpha value is -1.92. The Morgan fingerprint density at radius 2 is 1.81 bits per heavy atom. The van der Waals surface area contributed by atoms with Crippen molar-refractivity contribution in [3.63, 3.8) is 0 Å². The number of hydrogen-bond donors (Lipinski definition) is 3. The molecule has 5 nitrogen and oxygen atoms in total. The lowest BCUT2D eigenvalue weighted by molar-refractivity contribution is 0.403. The zero-order valence-electron chi connectivity index (χ0n) is 11.2. The number of phenolic OH excluding ortho intramolecular Hbond substituents is 2. The highest BCUT2D eigenvalue weighted by Gasteiger charge is 2.10. The molecule has 0 fully saturated rings. The molecule has 0 unspecified atom stereocenters. The van der Waals surface area contributed by atoms with Gasteiger partial charge >= 0.3 is 0 Å². The van der Waals surface area contributed by atoms with E-state index in [-0.39, 0.29) is 16.4 Å². The summed E-state index contributed by atoms with van der Waals surface area (Å²) < 4.78 is 23.0. The van der Waals surface area contributed by atoms with Gasteiger partial charge in [-0.3, -0.25) is 0 Å². The van der Waals surface area contributed by atoms with E-state index in [4.69, 9.17) is 11.6 Å². The van der Waals surface area contributed by atoms with Crippen LogP contribution in [0.5, 0.6) is 11.5 Å². The van der Waals surface area contributed by atoms with Gasteiger partial charge in [0.1, 0.15) is 0 Å². The largest absolute Gasteiger partial charge is 0.504 e. The number of phenols is 2. The highest BCUT2D eigenvalue weighted by atomic mass is 35.5. The molecule has 0 saturated carbocycles. The Labute approximate surface area is 127 Å². The Bertz CT molecular complexity index is 775. The van der Waals surface area contributed by atoms with Gasteiger partial charge in [0.05, 0.1) is 15.6 Å². The van der Waals surface area contributed by atoms with E-state index in [9.17, 15) is 18.6 Å². The topological polar surface area (TPSA) is 86.6 Å². The molecular formula is C14H14ClNO4S. The van der Waals surface area contributed by atoms with Gasteiger partial charge in [-0.15, -0.1) is 0 Å². The number of benzene rings is 2. The van der Waals surface area contributed by atoms with Crippen LogP contribution in [0.4, 0.5) is 5.69 Å². The lowest BCUT2D eigenvalue weighted by atomic mass is 10.2. The molecule has 0 bridgehead atoms. The number of anilines is 1. The molecule has 0 radical (unpaired) electrons. The van der Waals surface area contributed by atoms with Crippen molar-refractivity contribution in [1.82, 2.24) is 0 Å². The lowest BCUT2D eigenvalue weighted by Crippen LogP contribution is -2.02. The van der Waals surface area contributed by atoms with Gasteiger partial charge in [-0.2, -0.15) is 0 Å². The summed E-state index contributed by atoms with van der Waals surface area (Å²) in [5.41, 5.74) is 1.19. The first-order valence-corrected chi connectivity index (χ1v) is 8.28. The normalized spacial score (nSPS) is 11.3. The van der Waals surface area contributed by atoms with Crippen LogP contribution >= 0.6 is 11.6 Å². The Balaban J connectivity index is 2.21. The van der Waals surface area contributed by atoms with Gasteiger partial charge in [-0.25, -0.2) is 8.42 Å². The molecule has 2 aromatic carbocycles. The van der Waals surface area contributed by atoms with E-state index in [1.807, 2.05) is 0 Å². The van der Waals surface area contributed by atoms with E-state index >= 15 is 0 Å². The first-order valence-electron chi connectivity index (χ1n) is 6.02. The summed E-state index contributed by atoms with van der Waals surface area (Å²) in [6.07, 6.45) is 1.12. The van der Waals surface area contributed by atoms with Gasteiger partial charge in [0.2, 0.25) is 0 Å². The first-order chi connectivity index (χ1) is 9.77. The highest BCUT2D eigenvalue weighted by molar-refractivity contribution is 7.90. The average Bonchev–Trinajstić information content (AvgIpc) is 2.40. The molecule has 0 aromatic heterocycles. The summed E-state index contributed by atoms with van der Waals surface area (Å²) >= 11 is 6.02. The molecule has 3 N–H and O–H groups in total. The third-order valence-electron chi connectivity index (χ3n) is 2.89. The van der Waals surface area contributed by atoms with Crippen LogP contribution in [-0.2, 0) is 16.4 Å². The summed E-state index contributed by atoms with van der Waals surface area (Å²) in [6, 6.07) is 8.83. The molecule has 0 aliphatic rings. The molecule has 0 saturated heterocycles. The third kappa shape index (κ3) is 3.80. The number of aromatic hydroxyl groups is 2. The molecule has 2 aromatic rings. The monoisotopic (exact) mass is 327 g/mol. The van der Waals surface area contributed by atoms with Gasteiger partial charge in [0.15, 0.2) is 21.3 Å². The molecule has 0 aliphatic heterocycles. The molecule has 112 valence electrons. The second-order valence-corrected chi connectivity index (χ2v) is 7.01. The van der Waals surface area contributed by atoms with Crippen LogP contribution in [0.15, 0.2) is 41.3 Å². The van der Waals surface area contributed by atoms with Crippen molar-refractivity contribution in [2.45, 2.75) is 11.4 Å². The van der Waals surface area contributed by atoms with Gasteiger partial charge in [-0.05, 0) is 35.9 Å². The predicted octanol–water partition coefficient (Wildman–Crippen LogP) is 2.77. The molecule has 0 spiro atoms. The van der Waals surface area contributed by atoms with Crippen LogP contribution in [0.3, 0.4) is 0 Å². The molecule has 0 amide bonds. The van der Waals surface area contributed by atoms with E-state index in [2.05, 4.69) is 5.32 Å². The van der Waals surface area contributed by atoms with Crippen LogP contribution in [0.2, 0.25) is 5.02 Å². The summed E-state index contributed by atoms with van der Waals surface area (Å²) in [7, 11) is -3.31. The minimum atomic E-state index is -3.31. The third-order valence-corrected chi connectivity index (χ3v) is 4.33. The highest BCUT2D eigenvalue weighted by Crippen LogP contribution is 2.28. The summed E-state index contributed by atoms with van der Waals surface area (Å²) in [6.45, 7) is 0.320. The average molecular weight is 328 g/mol. The fourth-order valence-electron chi connectivity index (χ4n) is 1.75. The molecule has 0 aliphatic carbocycles. The van der Waals surface area contributed by atoms with Crippen molar-refractivity contribution < 1.29 is 18.6 Å². The summed E-state index contributed by atoms with van der Waals surface area (Å²) in [4.78, 5) is 0.169. The summed E-state index contributed by atoms with van der Waals surface area (Å²) in [5.74, 6) is -0.416. The number of sulfone groups is 1. The summed E-state index contributed by atoms with van der Waals surface area (Å²) in [5, 5.41) is 22.1. The SMILES string of the molecule is CS(=O)(=O)c1ccc(Cl)c(NCc2ccc(O)c(O)c2)c1. The van der Waals surface area contributed by atoms with E-state index in [1.54, 1.807) is 6.07 Å². The van der Waals surface area contributed by atoms with E-state index in [1.165, 1.54) is 30.3 Å². The molecular weight excluding hydrogens is 314 g/mol. The van der Waals surface area contributed by atoms with E-state index in [0.29, 0.717) is 22.8 Å². The van der Waals surface area contributed by atoms with E-state index in [0.717, 1.165) is 6.26 Å². The molecule has 2 rings (SSSR count). The van der Waals surface area contributed by atoms with Crippen molar-refractivity contribution in [3.05, 3.63) is 47.0 Å². The minimum Gasteiger partial charge on any atom is -0.504 e. The quantitative estimate of drug-likeness (QED) is 0.752. The van der Waals surface area contributed by atoms with Crippen molar-refractivity contribution in [1.29, 1.82) is 0 Å². The van der Waals surface area contributed by atoms with Crippen molar-refractivity contribution in [2.24, 2.45) is 0 Å².